The summed E-state index contributed by atoms with van der Waals surface area (Å²) in [5.74, 6) is -1.28. The van der Waals surface area contributed by atoms with Crippen LogP contribution in [-0.4, -0.2) is 24.4 Å². The van der Waals surface area contributed by atoms with Gasteiger partial charge in [0.05, 0.1) is 6.42 Å². The molecule has 6 nitrogen and oxygen atoms in total. The van der Waals surface area contributed by atoms with Crippen LogP contribution < -0.4 is 10.6 Å². The number of rotatable bonds is 8. The Morgan fingerprint density at radius 2 is 1.54 bits per heavy atom. The van der Waals surface area contributed by atoms with Crippen LogP contribution in [-0.2, 0) is 25.5 Å². The molecule has 0 bridgehead atoms. The summed E-state index contributed by atoms with van der Waals surface area (Å²) in [5, 5.41) is 5.40. The SMILES string of the molecule is CCc1ccccc1NC(=O)COC(=O)CCC(=O)Nc1ccccc1. The lowest BCUT2D eigenvalue weighted by molar-refractivity contribution is -0.147. The van der Waals surface area contributed by atoms with Crippen molar-refractivity contribution in [2.45, 2.75) is 26.2 Å². The molecule has 2 rings (SSSR count). The van der Waals surface area contributed by atoms with Gasteiger partial charge < -0.3 is 15.4 Å². The van der Waals surface area contributed by atoms with Gasteiger partial charge in [-0.25, -0.2) is 0 Å². The zero-order chi connectivity index (χ0) is 18.8. The number of amides is 2. The van der Waals surface area contributed by atoms with Crippen LogP contribution in [0.2, 0.25) is 0 Å². The predicted octanol–water partition coefficient (Wildman–Crippen LogP) is 3.15. The van der Waals surface area contributed by atoms with Crippen molar-refractivity contribution in [2.24, 2.45) is 0 Å². The van der Waals surface area contributed by atoms with Crippen molar-refractivity contribution in [1.82, 2.24) is 0 Å². The number of esters is 1. The summed E-state index contributed by atoms with van der Waals surface area (Å²) >= 11 is 0. The highest BCUT2D eigenvalue weighted by molar-refractivity contribution is 5.94. The highest BCUT2D eigenvalue weighted by Gasteiger charge is 2.11. The van der Waals surface area contributed by atoms with E-state index in [1.165, 1.54) is 0 Å². The fourth-order valence-corrected chi connectivity index (χ4v) is 2.32. The molecule has 0 atom stereocenters. The number of carbonyl (C=O) groups is 3. The maximum absolute atomic E-state index is 11.9. The van der Waals surface area contributed by atoms with E-state index in [-0.39, 0.29) is 25.4 Å². The molecule has 0 radical (unpaired) electrons. The minimum Gasteiger partial charge on any atom is -0.456 e. The van der Waals surface area contributed by atoms with E-state index >= 15 is 0 Å². The van der Waals surface area contributed by atoms with Crippen LogP contribution in [0.4, 0.5) is 11.4 Å². The standard InChI is InChI=1S/C20H22N2O4/c1-2-15-8-6-7-11-17(15)22-19(24)14-26-20(25)13-12-18(23)21-16-9-4-3-5-10-16/h3-11H,2,12-14H2,1H3,(H,21,23)(H,22,24). The van der Waals surface area contributed by atoms with Gasteiger partial charge in [-0.3, -0.25) is 14.4 Å². The second-order valence-corrected chi connectivity index (χ2v) is 5.63. The van der Waals surface area contributed by atoms with Crippen LogP contribution in [0.1, 0.15) is 25.3 Å². The number of para-hydroxylation sites is 2. The topological polar surface area (TPSA) is 84.5 Å². The van der Waals surface area contributed by atoms with Gasteiger partial charge in [0.15, 0.2) is 6.61 Å². The Kier molecular flexibility index (Phi) is 7.36. The number of ether oxygens (including phenoxy) is 1. The fraction of sp³-hybridized carbons (Fsp3) is 0.250. The zero-order valence-electron chi connectivity index (χ0n) is 14.7. The zero-order valence-corrected chi connectivity index (χ0v) is 14.7. The molecule has 2 N–H and O–H groups in total. The lowest BCUT2D eigenvalue weighted by Gasteiger charge is -2.10. The molecule has 0 aromatic heterocycles. The Balaban J connectivity index is 1.69. The van der Waals surface area contributed by atoms with Gasteiger partial charge in [0, 0.05) is 17.8 Å². The van der Waals surface area contributed by atoms with E-state index in [4.69, 9.17) is 4.74 Å². The van der Waals surface area contributed by atoms with Gasteiger partial charge in [-0.15, -0.1) is 0 Å². The van der Waals surface area contributed by atoms with Gasteiger partial charge in [-0.1, -0.05) is 43.3 Å². The lowest BCUT2D eigenvalue weighted by Crippen LogP contribution is -2.22. The molecule has 2 amide bonds. The third-order valence-electron chi connectivity index (χ3n) is 3.65. The van der Waals surface area contributed by atoms with Crippen LogP contribution in [0.25, 0.3) is 0 Å². The van der Waals surface area contributed by atoms with E-state index in [1.54, 1.807) is 30.3 Å². The summed E-state index contributed by atoms with van der Waals surface area (Å²) in [6.45, 7) is 1.61. The maximum Gasteiger partial charge on any atom is 0.306 e. The fourth-order valence-electron chi connectivity index (χ4n) is 2.32. The highest BCUT2D eigenvalue weighted by Crippen LogP contribution is 2.15. The number of anilines is 2. The number of carbonyl (C=O) groups excluding carboxylic acids is 3. The molecule has 2 aromatic carbocycles. The number of hydrogen-bond acceptors (Lipinski definition) is 4. The van der Waals surface area contributed by atoms with Gasteiger partial charge in [0.2, 0.25) is 5.91 Å². The highest BCUT2D eigenvalue weighted by atomic mass is 16.5. The Bertz CT molecular complexity index is 759. The molecule has 0 heterocycles. The van der Waals surface area contributed by atoms with E-state index in [0.29, 0.717) is 11.4 Å². The Morgan fingerprint density at radius 3 is 2.27 bits per heavy atom. The number of nitrogens with one attached hydrogen (secondary N) is 2. The summed E-state index contributed by atoms with van der Waals surface area (Å²) < 4.78 is 4.92. The molecule has 136 valence electrons. The first-order valence-electron chi connectivity index (χ1n) is 8.46. The Morgan fingerprint density at radius 1 is 0.846 bits per heavy atom. The van der Waals surface area contributed by atoms with E-state index < -0.39 is 11.9 Å². The second-order valence-electron chi connectivity index (χ2n) is 5.63. The molecule has 0 saturated heterocycles. The van der Waals surface area contributed by atoms with E-state index in [9.17, 15) is 14.4 Å². The van der Waals surface area contributed by atoms with Crippen molar-refractivity contribution in [2.75, 3.05) is 17.2 Å². The predicted molar refractivity (Wildman–Crippen MR) is 99.7 cm³/mol. The van der Waals surface area contributed by atoms with Crippen LogP contribution in [0.3, 0.4) is 0 Å². The number of aryl methyl sites for hydroxylation is 1. The van der Waals surface area contributed by atoms with Crippen molar-refractivity contribution in [3.63, 3.8) is 0 Å². The van der Waals surface area contributed by atoms with Gasteiger partial charge in [0.1, 0.15) is 0 Å². The van der Waals surface area contributed by atoms with E-state index in [1.807, 2.05) is 31.2 Å². The van der Waals surface area contributed by atoms with Crippen molar-refractivity contribution in [3.8, 4) is 0 Å². The average Bonchev–Trinajstić information content (AvgIpc) is 2.66. The van der Waals surface area contributed by atoms with Crippen LogP contribution in [0.15, 0.2) is 54.6 Å². The molecule has 0 spiro atoms. The summed E-state index contributed by atoms with van der Waals surface area (Å²) in [6.07, 6.45) is 0.693. The molecular formula is C20H22N2O4. The van der Waals surface area contributed by atoms with Crippen molar-refractivity contribution >= 4 is 29.2 Å². The van der Waals surface area contributed by atoms with Crippen LogP contribution in [0.5, 0.6) is 0 Å². The molecule has 6 heteroatoms. The van der Waals surface area contributed by atoms with Gasteiger partial charge in [-0.05, 0) is 30.2 Å². The smallest absolute Gasteiger partial charge is 0.306 e. The van der Waals surface area contributed by atoms with Crippen molar-refractivity contribution in [1.29, 1.82) is 0 Å². The minimum absolute atomic E-state index is 0.00594. The average molecular weight is 354 g/mol. The third-order valence-corrected chi connectivity index (χ3v) is 3.65. The molecule has 0 unspecified atom stereocenters. The first kappa shape index (κ1) is 19.2. The molecule has 0 aliphatic heterocycles. The van der Waals surface area contributed by atoms with Gasteiger partial charge in [0.25, 0.3) is 5.91 Å². The number of hydrogen-bond donors (Lipinski definition) is 2. The summed E-state index contributed by atoms with van der Waals surface area (Å²) in [7, 11) is 0. The largest absolute Gasteiger partial charge is 0.456 e. The van der Waals surface area contributed by atoms with Gasteiger partial charge in [-0.2, -0.15) is 0 Å². The lowest BCUT2D eigenvalue weighted by atomic mass is 10.1. The molecular weight excluding hydrogens is 332 g/mol. The van der Waals surface area contributed by atoms with Crippen LogP contribution in [0, 0.1) is 0 Å². The monoisotopic (exact) mass is 354 g/mol. The molecule has 0 aliphatic rings. The quantitative estimate of drug-likeness (QED) is 0.713. The Labute approximate surface area is 152 Å². The Hall–Kier alpha value is -3.15. The first-order valence-corrected chi connectivity index (χ1v) is 8.46. The third kappa shape index (κ3) is 6.39. The molecule has 26 heavy (non-hydrogen) atoms. The minimum atomic E-state index is -0.591. The summed E-state index contributed by atoms with van der Waals surface area (Å²) in [5.41, 5.74) is 2.38. The molecule has 0 saturated carbocycles. The molecule has 0 fully saturated rings. The molecule has 2 aromatic rings. The number of benzene rings is 2. The van der Waals surface area contributed by atoms with Crippen molar-refractivity contribution in [3.05, 3.63) is 60.2 Å². The molecule has 0 aliphatic carbocycles. The van der Waals surface area contributed by atoms with Crippen molar-refractivity contribution < 1.29 is 19.1 Å². The maximum atomic E-state index is 11.9. The van der Waals surface area contributed by atoms with E-state index in [0.717, 1.165) is 12.0 Å². The van der Waals surface area contributed by atoms with Crippen LogP contribution >= 0.6 is 0 Å². The normalized spacial score (nSPS) is 10.0. The summed E-state index contributed by atoms with van der Waals surface area (Å²) in [4.78, 5) is 35.4. The summed E-state index contributed by atoms with van der Waals surface area (Å²) in [6, 6.07) is 16.4. The second kappa shape index (κ2) is 9.98. The van der Waals surface area contributed by atoms with Gasteiger partial charge >= 0.3 is 5.97 Å². The van der Waals surface area contributed by atoms with E-state index in [2.05, 4.69) is 10.6 Å². The first-order chi connectivity index (χ1) is 12.6.